The SMILES string of the molecule is CC[C@H](C)[C@H](NC(=O)OCC1c2ccccc2-c2ccccc21)C(=O)NCc1ncc(C(=O)O)s1. The highest BCUT2D eigenvalue weighted by Crippen LogP contribution is 2.44. The summed E-state index contributed by atoms with van der Waals surface area (Å²) in [6.45, 7) is 4.05. The van der Waals surface area contributed by atoms with E-state index in [0.717, 1.165) is 33.6 Å². The molecule has 1 aliphatic rings. The molecule has 2 amide bonds. The highest BCUT2D eigenvalue weighted by molar-refractivity contribution is 7.13. The van der Waals surface area contributed by atoms with Gasteiger partial charge in [0.05, 0.1) is 12.7 Å². The maximum absolute atomic E-state index is 12.9. The minimum atomic E-state index is -1.06. The van der Waals surface area contributed by atoms with Gasteiger partial charge in [0, 0.05) is 5.92 Å². The van der Waals surface area contributed by atoms with Crippen LogP contribution in [0.2, 0.25) is 0 Å². The van der Waals surface area contributed by atoms with Gasteiger partial charge in [-0.05, 0) is 28.2 Å². The van der Waals surface area contributed by atoms with E-state index in [9.17, 15) is 14.4 Å². The van der Waals surface area contributed by atoms with E-state index in [1.807, 2.05) is 50.2 Å². The quantitative estimate of drug-likeness (QED) is 0.406. The lowest BCUT2D eigenvalue weighted by Gasteiger charge is -2.23. The molecule has 35 heavy (non-hydrogen) atoms. The second-order valence-corrected chi connectivity index (χ2v) is 9.59. The number of alkyl carbamates (subject to hydrolysis) is 1. The molecule has 1 heterocycles. The van der Waals surface area contributed by atoms with Crippen LogP contribution in [-0.2, 0) is 16.1 Å². The zero-order chi connectivity index (χ0) is 24.9. The van der Waals surface area contributed by atoms with Crippen LogP contribution < -0.4 is 10.6 Å². The largest absolute Gasteiger partial charge is 0.477 e. The summed E-state index contributed by atoms with van der Waals surface area (Å²) in [5, 5.41) is 15.0. The van der Waals surface area contributed by atoms with Crippen molar-refractivity contribution in [1.29, 1.82) is 0 Å². The normalized spacial score (nSPS) is 13.9. The van der Waals surface area contributed by atoms with E-state index in [4.69, 9.17) is 9.84 Å². The Labute approximate surface area is 207 Å². The van der Waals surface area contributed by atoms with E-state index >= 15 is 0 Å². The number of carbonyl (C=O) groups is 3. The van der Waals surface area contributed by atoms with Gasteiger partial charge in [0.15, 0.2) is 0 Å². The summed E-state index contributed by atoms with van der Waals surface area (Å²) in [5.41, 5.74) is 4.51. The first kappa shape index (κ1) is 24.4. The standard InChI is InChI=1S/C26H27N3O5S/c1-3-15(2)23(24(30)28-13-22-27-12-21(35-22)25(31)32)29-26(33)34-14-20-18-10-6-4-8-16(18)17-9-5-7-11-19(17)20/h4-12,15,20,23H,3,13-14H2,1-2H3,(H,28,30)(H,29,33)(H,31,32)/t15-,23-/m0/s1. The summed E-state index contributed by atoms with van der Waals surface area (Å²) in [7, 11) is 0. The smallest absolute Gasteiger partial charge is 0.407 e. The van der Waals surface area contributed by atoms with Crippen LogP contribution in [0.3, 0.4) is 0 Å². The first-order valence-corrected chi connectivity index (χ1v) is 12.3. The predicted octanol–water partition coefficient (Wildman–Crippen LogP) is 4.41. The van der Waals surface area contributed by atoms with E-state index in [2.05, 4.69) is 27.8 Å². The lowest BCUT2D eigenvalue weighted by Crippen LogP contribution is -2.50. The molecule has 1 aliphatic carbocycles. The molecule has 0 bridgehead atoms. The third kappa shape index (κ3) is 5.35. The molecule has 8 nitrogen and oxygen atoms in total. The third-order valence-corrected chi connectivity index (χ3v) is 7.28. The van der Waals surface area contributed by atoms with Crippen LogP contribution >= 0.6 is 11.3 Å². The first-order valence-electron chi connectivity index (χ1n) is 11.5. The summed E-state index contributed by atoms with van der Waals surface area (Å²) >= 11 is 0.996. The number of carboxylic acids is 1. The van der Waals surface area contributed by atoms with Gasteiger partial charge in [-0.15, -0.1) is 11.3 Å². The average molecular weight is 494 g/mol. The molecule has 0 saturated carbocycles. The van der Waals surface area contributed by atoms with Crippen LogP contribution in [0.15, 0.2) is 54.7 Å². The summed E-state index contributed by atoms with van der Waals surface area (Å²) in [4.78, 5) is 40.7. The minimum absolute atomic E-state index is 0.0719. The Morgan fingerprint density at radius 2 is 1.71 bits per heavy atom. The number of carbonyl (C=O) groups excluding carboxylic acids is 2. The van der Waals surface area contributed by atoms with Crippen LogP contribution in [0, 0.1) is 5.92 Å². The summed E-state index contributed by atoms with van der Waals surface area (Å²) in [6.07, 6.45) is 1.27. The molecule has 2 atom stereocenters. The lowest BCUT2D eigenvalue weighted by molar-refractivity contribution is -0.124. The molecule has 3 N–H and O–H groups in total. The number of nitrogens with one attached hydrogen (secondary N) is 2. The Hall–Kier alpha value is -3.72. The van der Waals surface area contributed by atoms with Gasteiger partial charge in [0.1, 0.15) is 22.5 Å². The molecule has 0 fully saturated rings. The molecule has 0 aliphatic heterocycles. The number of carboxylic acid groups (broad SMARTS) is 1. The van der Waals surface area contributed by atoms with Crippen molar-refractivity contribution in [3.05, 3.63) is 75.7 Å². The molecule has 0 radical (unpaired) electrons. The molecule has 0 unspecified atom stereocenters. The predicted molar refractivity (Wildman–Crippen MR) is 132 cm³/mol. The summed E-state index contributed by atoms with van der Waals surface area (Å²) in [6, 6.07) is 15.4. The number of thiazole rings is 1. The van der Waals surface area contributed by atoms with Crippen molar-refractivity contribution in [3.63, 3.8) is 0 Å². The van der Waals surface area contributed by atoms with Gasteiger partial charge in [0.25, 0.3) is 0 Å². The second-order valence-electron chi connectivity index (χ2n) is 8.47. The fraction of sp³-hybridized carbons (Fsp3) is 0.308. The monoisotopic (exact) mass is 493 g/mol. The second kappa shape index (κ2) is 10.7. The van der Waals surface area contributed by atoms with Gasteiger partial charge in [-0.1, -0.05) is 68.8 Å². The van der Waals surface area contributed by atoms with Crippen LogP contribution in [0.25, 0.3) is 11.1 Å². The van der Waals surface area contributed by atoms with Crippen molar-refractivity contribution in [1.82, 2.24) is 15.6 Å². The number of nitrogens with zero attached hydrogens (tertiary/aromatic N) is 1. The summed E-state index contributed by atoms with van der Waals surface area (Å²) in [5.74, 6) is -1.65. The van der Waals surface area contributed by atoms with E-state index in [1.165, 1.54) is 6.20 Å². The lowest BCUT2D eigenvalue weighted by atomic mass is 9.98. The zero-order valence-corrected chi connectivity index (χ0v) is 20.3. The maximum atomic E-state index is 12.9. The molecular weight excluding hydrogens is 466 g/mol. The number of aromatic nitrogens is 1. The molecule has 2 aromatic carbocycles. The minimum Gasteiger partial charge on any atom is -0.477 e. The van der Waals surface area contributed by atoms with Gasteiger partial charge >= 0.3 is 12.1 Å². The molecule has 3 aromatic rings. The van der Waals surface area contributed by atoms with Crippen molar-refractivity contribution in [2.24, 2.45) is 5.92 Å². The number of aromatic carboxylic acids is 1. The molecule has 1 aromatic heterocycles. The number of hydrogen-bond acceptors (Lipinski definition) is 6. The van der Waals surface area contributed by atoms with Crippen molar-refractivity contribution in [2.75, 3.05) is 6.61 Å². The number of rotatable bonds is 9. The van der Waals surface area contributed by atoms with Gasteiger partial charge in [-0.2, -0.15) is 0 Å². The number of ether oxygens (including phenoxy) is 1. The Bertz CT molecular complexity index is 1200. The number of fused-ring (bicyclic) bond motifs is 3. The topological polar surface area (TPSA) is 118 Å². The van der Waals surface area contributed by atoms with Gasteiger partial charge in [-0.3, -0.25) is 4.79 Å². The number of hydrogen-bond donors (Lipinski definition) is 3. The molecule has 0 spiro atoms. The van der Waals surface area contributed by atoms with Crippen molar-refractivity contribution < 1.29 is 24.2 Å². The number of benzene rings is 2. The van der Waals surface area contributed by atoms with E-state index in [0.29, 0.717) is 11.4 Å². The Morgan fingerprint density at radius 3 is 2.29 bits per heavy atom. The summed E-state index contributed by atoms with van der Waals surface area (Å²) < 4.78 is 5.60. The van der Waals surface area contributed by atoms with Crippen LogP contribution in [-0.4, -0.2) is 40.7 Å². The molecular formula is C26H27N3O5S. The Balaban J connectivity index is 1.38. The Morgan fingerprint density at radius 1 is 1.09 bits per heavy atom. The maximum Gasteiger partial charge on any atom is 0.407 e. The highest BCUT2D eigenvalue weighted by Gasteiger charge is 2.31. The van der Waals surface area contributed by atoms with E-state index < -0.39 is 18.1 Å². The number of amides is 2. The Kier molecular flexibility index (Phi) is 7.45. The average Bonchev–Trinajstić information content (AvgIpc) is 3.47. The van der Waals surface area contributed by atoms with Gasteiger partial charge in [0.2, 0.25) is 5.91 Å². The van der Waals surface area contributed by atoms with Gasteiger partial charge in [-0.25, -0.2) is 14.6 Å². The fourth-order valence-electron chi connectivity index (χ4n) is 4.23. The van der Waals surface area contributed by atoms with E-state index in [1.54, 1.807) is 0 Å². The highest BCUT2D eigenvalue weighted by atomic mass is 32.1. The van der Waals surface area contributed by atoms with E-state index in [-0.39, 0.29) is 35.8 Å². The van der Waals surface area contributed by atoms with Gasteiger partial charge < -0.3 is 20.5 Å². The third-order valence-electron chi connectivity index (χ3n) is 6.29. The van der Waals surface area contributed by atoms with Crippen LogP contribution in [0.1, 0.15) is 52.0 Å². The van der Waals surface area contributed by atoms with Crippen LogP contribution in [0.4, 0.5) is 4.79 Å². The van der Waals surface area contributed by atoms with Crippen molar-refractivity contribution in [3.8, 4) is 11.1 Å². The van der Waals surface area contributed by atoms with Crippen LogP contribution in [0.5, 0.6) is 0 Å². The molecule has 0 saturated heterocycles. The molecule has 9 heteroatoms. The molecule has 4 rings (SSSR count). The molecule has 182 valence electrons. The van der Waals surface area contributed by atoms with Crippen molar-refractivity contribution in [2.45, 2.75) is 38.8 Å². The first-order chi connectivity index (χ1) is 16.9. The fourth-order valence-corrected chi connectivity index (χ4v) is 4.93. The van der Waals surface area contributed by atoms with Crippen molar-refractivity contribution >= 4 is 29.3 Å². The zero-order valence-electron chi connectivity index (χ0n) is 19.5.